The highest BCUT2D eigenvalue weighted by Gasteiger charge is 2.32. The number of hydrogen-bond acceptors (Lipinski definition) is 5. The van der Waals surface area contributed by atoms with Gasteiger partial charge in [-0.15, -0.1) is 0 Å². The number of aromatic nitrogens is 2. The average Bonchev–Trinajstić information content (AvgIpc) is 2.74. The third kappa shape index (κ3) is 2.68. The number of H-pyrrole nitrogens is 1. The lowest BCUT2D eigenvalue weighted by atomic mass is 10.0. The Morgan fingerprint density at radius 2 is 2.19 bits per heavy atom. The largest absolute Gasteiger partial charge is 0.444 e. The normalized spacial score (nSPS) is 20.1. The van der Waals surface area contributed by atoms with Crippen molar-refractivity contribution in [1.29, 1.82) is 0 Å². The molecule has 2 unspecified atom stereocenters. The van der Waals surface area contributed by atoms with Crippen molar-refractivity contribution < 1.29 is 9.53 Å². The number of aromatic amines is 1. The summed E-state index contributed by atoms with van der Waals surface area (Å²) in [5.74, 6) is 0. The van der Waals surface area contributed by atoms with Crippen molar-refractivity contribution in [3.63, 3.8) is 0 Å². The van der Waals surface area contributed by atoms with E-state index >= 15 is 0 Å². The van der Waals surface area contributed by atoms with E-state index in [1.54, 1.807) is 6.07 Å². The number of ether oxygens (including phenoxy) is 1. The molecule has 1 aliphatic rings. The highest BCUT2D eigenvalue weighted by Crippen LogP contribution is 2.35. The summed E-state index contributed by atoms with van der Waals surface area (Å²) in [7, 11) is 0. The molecule has 21 heavy (non-hydrogen) atoms. The van der Waals surface area contributed by atoms with E-state index in [2.05, 4.69) is 10.2 Å². The summed E-state index contributed by atoms with van der Waals surface area (Å²) >= 11 is 5.27. The summed E-state index contributed by atoms with van der Waals surface area (Å²) in [5.41, 5.74) is 8.21. The van der Waals surface area contributed by atoms with Crippen LogP contribution in [0.4, 0.5) is 4.79 Å². The van der Waals surface area contributed by atoms with Gasteiger partial charge in [0, 0.05) is 23.2 Å². The van der Waals surface area contributed by atoms with Crippen LogP contribution >= 0.6 is 11.6 Å². The van der Waals surface area contributed by atoms with Gasteiger partial charge in [-0.2, -0.15) is 5.10 Å². The minimum Gasteiger partial charge on any atom is -0.444 e. The molecule has 7 heteroatoms. The van der Waals surface area contributed by atoms with Crippen LogP contribution in [0.15, 0.2) is 35.1 Å². The molecule has 1 aromatic heterocycles. The number of carbonyl (C=O) groups is 1. The molecule has 0 radical (unpaired) electrons. The van der Waals surface area contributed by atoms with Crippen molar-refractivity contribution >= 4 is 17.0 Å². The van der Waals surface area contributed by atoms with Gasteiger partial charge in [-0.25, -0.2) is 9.89 Å². The van der Waals surface area contributed by atoms with Gasteiger partial charge < -0.3 is 10.5 Å². The van der Waals surface area contributed by atoms with Crippen molar-refractivity contribution in [3.05, 3.63) is 51.8 Å². The topological polar surface area (TPSA) is 98.1 Å². The van der Waals surface area contributed by atoms with Gasteiger partial charge in [-0.3, -0.25) is 4.79 Å². The first kappa shape index (κ1) is 13.8. The lowest BCUT2D eigenvalue weighted by molar-refractivity contribution is 0.111. The second-order valence-corrected chi connectivity index (χ2v) is 5.17. The Hall–Kier alpha value is -2.18. The summed E-state index contributed by atoms with van der Waals surface area (Å²) in [6.45, 7) is 0. The number of benzene rings is 1. The third-order valence-corrected chi connectivity index (χ3v) is 3.58. The minimum absolute atomic E-state index is 0.254. The number of rotatable bonds is 2. The van der Waals surface area contributed by atoms with Gasteiger partial charge in [0.25, 0.3) is 5.56 Å². The third-order valence-electron chi connectivity index (χ3n) is 3.49. The van der Waals surface area contributed by atoms with Gasteiger partial charge in [0.2, 0.25) is 0 Å². The van der Waals surface area contributed by atoms with Crippen LogP contribution < -0.4 is 11.3 Å². The van der Waals surface area contributed by atoms with Gasteiger partial charge in [0.15, 0.2) is 0 Å². The predicted octanol–water partition coefficient (Wildman–Crippen LogP) is 1.74. The zero-order valence-corrected chi connectivity index (χ0v) is 11.6. The highest BCUT2D eigenvalue weighted by molar-refractivity contribution is 6.61. The highest BCUT2D eigenvalue weighted by atomic mass is 35.5. The zero-order valence-electron chi connectivity index (χ0n) is 10.9. The lowest BCUT2D eigenvalue weighted by Crippen LogP contribution is -2.27. The summed E-state index contributed by atoms with van der Waals surface area (Å²) in [6.07, 6.45) is 0.0593. The fraction of sp³-hybridized carbons (Fsp3) is 0.214. The molecular formula is C14H12ClN3O3. The van der Waals surface area contributed by atoms with Crippen LogP contribution in [0.5, 0.6) is 0 Å². The standard InChI is InChI=1S/C14H12ClN3O3/c15-14(20)21-13-9-2-1-7(5-8(9)6-10(13)16)11-3-4-12(19)18-17-11/h1-5,10,13H,6,16H2,(H,18,19). The average molecular weight is 306 g/mol. The first-order valence-electron chi connectivity index (χ1n) is 6.35. The molecule has 1 heterocycles. The Morgan fingerprint density at radius 1 is 1.38 bits per heavy atom. The Kier molecular flexibility index (Phi) is 3.48. The number of carbonyl (C=O) groups excluding carboxylic acids is 1. The molecule has 0 fully saturated rings. The summed E-state index contributed by atoms with van der Waals surface area (Å²) in [4.78, 5) is 22.0. The second-order valence-electron chi connectivity index (χ2n) is 4.86. The van der Waals surface area contributed by atoms with Gasteiger partial charge in [-0.05, 0) is 29.7 Å². The number of halogens is 1. The molecule has 0 saturated carbocycles. The smallest absolute Gasteiger partial charge is 0.404 e. The first-order valence-corrected chi connectivity index (χ1v) is 6.73. The van der Waals surface area contributed by atoms with Crippen molar-refractivity contribution in [1.82, 2.24) is 10.2 Å². The van der Waals surface area contributed by atoms with E-state index in [0.29, 0.717) is 12.1 Å². The quantitative estimate of drug-likeness (QED) is 0.823. The molecular weight excluding hydrogens is 294 g/mol. The van der Waals surface area contributed by atoms with Crippen LogP contribution in [-0.2, 0) is 11.2 Å². The van der Waals surface area contributed by atoms with Gasteiger partial charge in [0.05, 0.1) is 11.7 Å². The van der Waals surface area contributed by atoms with E-state index in [4.69, 9.17) is 22.1 Å². The molecule has 0 bridgehead atoms. The van der Waals surface area contributed by atoms with Crippen LogP contribution in [0, 0.1) is 0 Å². The SMILES string of the molecule is NC1Cc2cc(-c3ccc(=O)[nH]n3)ccc2C1OC(=O)Cl. The molecule has 0 spiro atoms. The summed E-state index contributed by atoms with van der Waals surface area (Å²) in [6, 6.07) is 8.35. The molecule has 0 amide bonds. The van der Waals surface area contributed by atoms with Crippen molar-refractivity contribution in [2.24, 2.45) is 5.73 Å². The molecule has 108 valence electrons. The number of hydrogen-bond donors (Lipinski definition) is 2. The Labute approximate surface area is 124 Å². The Balaban J connectivity index is 1.96. The first-order chi connectivity index (χ1) is 10.0. The summed E-state index contributed by atoms with van der Waals surface area (Å²) in [5, 5.41) is 6.38. The Bertz CT molecular complexity index is 739. The molecule has 3 rings (SSSR count). The maximum Gasteiger partial charge on any atom is 0.404 e. The molecule has 3 N–H and O–H groups in total. The van der Waals surface area contributed by atoms with Crippen molar-refractivity contribution in [2.75, 3.05) is 0 Å². The van der Waals surface area contributed by atoms with Crippen LogP contribution in [0.2, 0.25) is 0 Å². The van der Waals surface area contributed by atoms with Crippen LogP contribution in [0.3, 0.4) is 0 Å². The van der Waals surface area contributed by atoms with Gasteiger partial charge in [0.1, 0.15) is 6.10 Å². The van der Waals surface area contributed by atoms with Crippen LogP contribution in [-0.4, -0.2) is 21.7 Å². The molecule has 2 atom stereocenters. The Morgan fingerprint density at radius 3 is 2.86 bits per heavy atom. The number of nitrogens with one attached hydrogen (secondary N) is 1. The molecule has 6 nitrogen and oxygen atoms in total. The van der Waals surface area contributed by atoms with E-state index in [9.17, 15) is 9.59 Å². The molecule has 2 aromatic rings. The maximum atomic E-state index is 11.0. The lowest BCUT2D eigenvalue weighted by Gasteiger charge is -2.15. The van der Waals surface area contributed by atoms with E-state index in [-0.39, 0.29) is 11.6 Å². The monoisotopic (exact) mass is 305 g/mol. The van der Waals surface area contributed by atoms with Gasteiger partial charge >= 0.3 is 5.43 Å². The minimum atomic E-state index is -0.866. The number of nitrogens with two attached hydrogens (primary N) is 1. The van der Waals surface area contributed by atoms with E-state index in [1.807, 2.05) is 18.2 Å². The van der Waals surface area contributed by atoms with Gasteiger partial charge in [-0.1, -0.05) is 12.1 Å². The number of nitrogens with zero attached hydrogens (tertiary/aromatic N) is 1. The van der Waals surface area contributed by atoms with Crippen LogP contribution in [0.25, 0.3) is 11.3 Å². The fourth-order valence-corrected chi connectivity index (χ4v) is 2.66. The zero-order chi connectivity index (χ0) is 15.0. The van der Waals surface area contributed by atoms with Crippen LogP contribution in [0.1, 0.15) is 17.2 Å². The maximum absolute atomic E-state index is 11.0. The second kappa shape index (κ2) is 5.31. The molecule has 0 aliphatic heterocycles. The van der Waals surface area contributed by atoms with Crippen molar-refractivity contribution in [3.8, 4) is 11.3 Å². The van der Waals surface area contributed by atoms with E-state index in [1.165, 1.54) is 6.07 Å². The van der Waals surface area contributed by atoms with Crippen molar-refractivity contribution in [2.45, 2.75) is 18.6 Å². The molecule has 0 saturated heterocycles. The predicted molar refractivity (Wildman–Crippen MR) is 77.0 cm³/mol. The summed E-state index contributed by atoms with van der Waals surface area (Å²) < 4.78 is 5.05. The molecule has 1 aliphatic carbocycles. The molecule has 1 aromatic carbocycles. The van der Waals surface area contributed by atoms with E-state index < -0.39 is 11.5 Å². The fourth-order valence-electron chi connectivity index (χ4n) is 2.57. The number of fused-ring (bicyclic) bond motifs is 1. The van der Waals surface area contributed by atoms with E-state index in [0.717, 1.165) is 16.7 Å².